The summed E-state index contributed by atoms with van der Waals surface area (Å²) < 4.78 is 16.6. The van der Waals surface area contributed by atoms with Crippen molar-refractivity contribution in [1.82, 2.24) is 4.90 Å². The second-order valence-corrected chi connectivity index (χ2v) is 8.02. The van der Waals surface area contributed by atoms with Crippen LogP contribution in [0.15, 0.2) is 18.2 Å². The molecule has 1 aliphatic heterocycles. The molecular weight excluding hydrogens is 346 g/mol. The number of amides is 1. The van der Waals surface area contributed by atoms with Crippen LogP contribution in [0.1, 0.15) is 51.0 Å². The summed E-state index contributed by atoms with van der Waals surface area (Å²) in [6, 6.07) is 5.94. The Morgan fingerprint density at radius 1 is 1.26 bits per heavy atom. The maximum atomic E-state index is 12.1. The Morgan fingerprint density at radius 3 is 2.56 bits per heavy atom. The van der Waals surface area contributed by atoms with Crippen molar-refractivity contribution in [3.8, 4) is 11.5 Å². The molecule has 1 aromatic carbocycles. The molecule has 2 aliphatic rings. The Bertz CT molecular complexity index is 671. The lowest BCUT2D eigenvalue weighted by atomic mass is 9.72. The number of methoxy groups -OCH3 is 2. The third-order valence-electron chi connectivity index (χ3n) is 6.30. The van der Waals surface area contributed by atoms with E-state index in [2.05, 4.69) is 0 Å². The van der Waals surface area contributed by atoms with Gasteiger partial charge in [-0.15, -0.1) is 0 Å². The molecule has 1 N–H and O–H groups in total. The average Bonchev–Trinajstić information content (AvgIpc) is 3.29. The molecule has 0 unspecified atom stereocenters. The van der Waals surface area contributed by atoms with Gasteiger partial charge in [0.15, 0.2) is 11.5 Å². The number of likely N-dealkylation sites (tertiary alicyclic amines) is 1. The molecule has 0 bridgehead atoms. The van der Waals surface area contributed by atoms with Gasteiger partial charge in [-0.25, -0.2) is 4.79 Å². The number of aliphatic hydroxyl groups is 1. The largest absolute Gasteiger partial charge is 0.493 e. The Balaban J connectivity index is 1.91. The molecular formula is C21H31NO5. The van der Waals surface area contributed by atoms with Crippen molar-refractivity contribution < 1.29 is 24.1 Å². The van der Waals surface area contributed by atoms with Gasteiger partial charge >= 0.3 is 6.09 Å². The summed E-state index contributed by atoms with van der Waals surface area (Å²) in [6.07, 6.45) is 3.83. The van der Waals surface area contributed by atoms with Gasteiger partial charge in [0, 0.05) is 24.4 Å². The highest BCUT2D eigenvalue weighted by atomic mass is 16.5. The van der Waals surface area contributed by atoms with Gasteiger partial charge < -0.3 is 24.2 Å². The third-order valence-corrected chi connectivity index (χ3v) is 6.30. The Kier molecular flexibility index (Phi) is 5.84. The lowest BCUT2D eigenvalue weighted by molar-refractivity contribution is 0.0470. The number of benzene rings is 1. The predicted octanol–water partition coefficient (Wildman–Crippen LogP) is 3.57. The van der Waals surface area contributed by atoms with Crippen LogP contribution in [0.5, 0.6) is 11.5 Å². The lowest BCUT2D eigenvalue weighted by Gasteiger charge is -2.33. The summed E-state index contributed by atoms with van der Waals surface area (Å²) in [5.41, 5.74) is 0.575. The van der Waals surface area contributed by atoms with Crippen molar-refractivity contribution >= 4 is 6.09 Å². The highest BCUT2D eigenvalue weighted by molar-refractivity contribution is 5.68. The number of carbonyl (C=O) groups excluding carboxylic acids is 1. The summed E-state index contributed by atoms with van der Waals surface area (Å²) in [5, 5.41) is 10.5. The molecule has 6 heteroatoms. The highest BCUT2D eigenvalue weighted by Crippen LogP contribution is 2.47. The van der Waals surface area contributed by atoms with Crippen molar-refractivity contribution in [1.29, 1.82) is 0 Å². The van der Waals surface area contributed by atoms with Crippen molar-refractivity contribution in [2.24, 2.45) is 5.41 Å². The zero-order valence-electron chi connectivity index (χ0n) is 16.7. The maximum Gasteiger partial charge on any atom is 0.409 e. The van der Waals surface area contributed by atoms with Gasteiger partial charge in [0.25, 0.3) is 0 Å². The van der Waals surface area contributed by atoms with Gasteiger partial charge in [0.05, 0.1) is 26.4 Å². The Hall–Kier alpha value is -1.95. The van der Waals surface area contributed by atoms with Crippen LogP contribution in [-0.2, 0) is 4.74 Å². The Labute approximate surface area is 161 Å². The van der Waals surface area contributed by atoms with E-state index >= 15 is 0 Å². The van der Waals surface area contributed by atoms with Crippen molar-refractivity contribution in [3.05, 3.63) is 23.8 Å². The molecule has 1 amide bonds. The molecule has 3 atom stereocenters. The zero-order valence-corrected chi connectivity index (χ0v) is 16.7. The summed E-state index contributed by atoms with van der Waals surface area (Å²) in [5.74, 6) is 1.44. The fourth-order valence-corrected chi connectivity index (χ4v) is 4.38. The molecule has 27 heavy (non-hydrogen) atoms. The number of hydrogen-bond acceptors (Lipinski definition) is 5. The van der Waals surface area contributed by atoms with E-state index in [4.69, 9.17) is 14.2 Å². The smallest absolute Gasteiger partial charge is 0.409 e. The molecule has 150 valence electrons. The average molecular weight is 377 g/mol. The monoisotopic (exact) mass is 377 g/mol. The van der Waals surface area contributed by atoms with Crippen LogP contribution in [-0.4, -0.2) is 55.6 Å². The number of aliphatic hydroxyl groups excluding tert-OH is 1. The first-order chi connectivity index (χ1) is 12.9. The molecule has 6 nitrogen and oxygen atoms in total. The number of hydrogen-bond donors (Lipinski definition) is 1. The Morgan fingerprint density at radius 2 is 1.96 bits per heavy atom. The molecule has 0 aromatic heterocycles. The van der Waals surface area contributed by atoms with Crippen LogP contribution in [0.4, 0.5) is 4.79 Å². The van der Waals surface area contributed by atoms with E-state index in [1.165, 1.54) is 20.0 Å². The first-order valence-electron chi connectivity index (χ1n) is 9.74. The number of rotatable bonds is 5. The van der Waals surface area contributed by atoms with E-state index < -0.39 is 11.5 Å². The number of ether oxygens (including phenoxy) is 3. The lowest BCUT2D eigenvalue weighted by Crippen LogP contribution is -2.38. The minimum atomic E-state index is -0.571. The SMILES string of the molecule is COC(=O)N1C[C@@H](c2ccc(OC)c(OC3CCCC3)c2)[C@](C)([C@H](C)O)C1. The molecule has 3 rings (SSSR count). The van der Waals surface area contributed by atoms with Gasteiger partial charge in [0.1, 0.15) is 0 Å². The number of carbonyl (C=O) groups is 1. The fourth-order valence-electron chi connectivity index (χ4n) is 4.38. The second-order valence-electron chi connectivity index (χ2n) is 8.02. The predicted molar refractivity (Wildman–Crippen MR) is 102 cm³/mol. The van der Waals surface area contributed by atoms with Crippen LogP contribution in [0.3, 0.4) is 0 Å². The molecule has 1 saturated carbocycles. The molecule has 1 aliphatic carbocycles. The highest BCUT2D eigenvalue weighted by Gasteiger charge is 2.48. The second kappa shape index (κ2) is 7.97. The first-order valence-corrected chi connectivity index (χ1v) is 9.74. The van der Waals surface area contributed by atoms with Crippen LogP contribution < -0.4 is 9.47 Å². The summed E-state index contributed by atoms with van der Waals surface area (Å²) in [6.45, 7) is 4.76. The van der Waals surface area contributed by atoms with Crippen LogP contribution in [0.2, 0.25) is 0 Å². The quantitative estimate of drug-likeness (QED) is 0.850. The van der Waals surface area contributed by atoms with Crippen LogP contribution in [0.25, 0.3) is 0 Å². The molecule has 1 heterocycles. The number of nitrogens with zero attached hydrogens (tertiary/aromatic N) is 1. The van der Waals surface area contributed by atoms with Crippen LogP contribution >= 0.6 is 0 Å². The van der Waals surface area contributed by atoms with E-state index in [-0.39, 0.29) is 18.1 Å². The molecule has 0 spiro atoms. The van der Waals surface area contributed by atoms with E-state index in [1.807, 2.05) is 25.1 Å². The van der Waals surface area contributed by atoms with Gasteiger partial charge in [0.2, 0.25) is 0 Å². The van der Waals surface area contributed by atoms with Crippen molar-refractivity contribution in [2.75, 3.05) is 27.3 Å². The van der Waals surface area contributed by atoms with E-state index in [0.29, 0.717) is 18.8 Å². The van der Waals surface area contributed by atoms with Gasteiger partial charge in [-0.05, 0) is 50.3 Å². The summed E-state index contributed by atoms with van der Waals surface area (Å²) in [7, 11) is 3.03. The molecule has 1 aromatic rings. The maximum absolute atomic E-state index is 12.1. The fraction of sp³-hybridized carbons (Fsp3) is 0.667. The minimum absolute atomic E-state index is 0.0200. The molecule has 0 radical (unpaired) electrons. The van der Waals surface area contributed by atoms with Gasteiger partial charge in [-0.2, -0.15) is 0 Å². The van der Waals surface area contributed by atoms with Gasteiger partial charge in [-0.1, -0.05) is 13.0 Å². The van der Waals surface area contributed by atoms with Crippen LogP contribution in [0, 0.1) is 5.41 Å². The van der Waals surface area contributed by atoms with Gasteiger partial charge in [-0.3, -0.25) is 0 Å². The normalized spacial score (nSPS) is 26.9. The summed E-state index contributed by atoms with van der Waals surface area (Å²) in [4.78, 5) is 13.7. The van der Waals surface area contributed by atoms with Crippen molar-refractivity contribution in [3.63, 3.8) is 0 Å². The van der Waals surface area contributed by atoms with E-state index in [0.717, 1.165) is 24.2 Å². The standard InChI is InChI=1S/C21H31NO5/c1-14(23)21(2)13-22(20(24)26-4)12-17(21)15-9-10-18(25-3)19(11-15)27-16-7-5-6-8-16/h9-11,14,16-17,23H,5-8,12-13H2,1-4H3/t14-,17-,21-/m0/s1. The first kappa shape index (κ1) is 19.8. The summed E-state index contributed by atoms with van der Waals surface area (Å²) >= 11 is 0. The third kappa shape index (κ3) is 3.86. The molecule has 1 saturated heterocycles. The zero-order chi connectivity index (χ0) is 19.6. The van der Waals surface area contributed by atoms with E-state index in [9.17, 15) is 9.90 Å². The minimum Gasteiger partial charge on any atom is -0.493 e. The topological polar surface area (TPSA) is 68.2 Å². The molecule has 2 fully saturated rings. The van der Waals surface area contributed by atoms with E-state index in [1.54, 1.807) is 18.9 Å². The van der Waals surface area contributed by atoms with Crippen molar-refractivity contribution in [2.45, 2.75) is 57.7 Å².